The van der Waals surface area contributed by atoms with Crippen LogP contribution in [0.3, 0.4) is 0 Å². The molecule has 0 spiro atoms. The highest BCUT2D eigenvalue weighted by Crippen LogP contribution is 2.22. The van der Waals surface area contributed by atoms with Crippen LogP contribution in [0.1, 0.15) is 38.5 Å². The van der Waals surface area contributed by atoms with Gasteiger partial charge in [0.1, 0.15) is 6.10 Å². The first-order chi connectivity index (χ1) is 9.81. The van der Waals surface area contributed by atoms with Gasteiger partial charge in [-0.2, -0.15) is 0 Å². The van der Waals surface area contributed by atoms with Crippen molar-refractivity contribution < 1.29 is 14.6 Å². The number of ether oxygens (including phenoxy) is 1. The van der Waals surface area contributed by atoms with Gasteiger partial charge in [-0.1, -0.05) is 24.6 Å². The molecular formula is C16H23NO3. The number of aliphatic hydroxyl groups is 1. The van der Waals surface area contributed by atoms with Crippen molar-refractivity contribution in [2.24, 2.45) is 0 Å². The molecule has 0 atom stereocenters. The summed E-state index contributed by atoms with van der Waals surface area (Å²) < 4.78 is 5.61. The Balaban J connectivity index is 1.99. The first kappa shape index (κ1) is 14.9. The lowest BCUT2D eigenvalue weighted by Crippen LogP contribution is -2.36. The first-order valence-electron chi connectivity index (χ1n) is 7.45. The molecule has 1 N–H and O–H groups in total. The van der Waals surface area contributed by atoms with Gasteiger partial charge in [0.2, 0.25) is 0 Å². The molecule has 4 heteroatoms. The van der Waals surface area contributed by atoms with E-state index < -0.39 is 0 Å². The van der Waals surface area contributed by atoms with Crippen molar-refractivity contribution in [3.05, 3.63) is 30.3 Å². The largest absolute Gasteiger partial charge is 0.446 e. The van der Waals surface area contributed by atoms with Crippen LogP contribution in [0.5, 0.6) is 0 Å². The number of anilines is 1. The van der Waals surface area contributed by atoms with Crippen molar-refractivity contribution in [1.29, 1.82) is 0 Å². The van der Waals surface area contributed by atoms with Gasteiger partial charge in [0.15, 0.2) is 0 Å². The summed E-state index contributed by atoms with van der Waals surface area (Å²) in [7, 11) is 0. The molecule has 20 heavy (non-hydrogen) atoms. The lowest BCUT2D eigenvalue weighted by atomic mass is 9.98. The number of hydrogen-bond donors (Lipinski definition) is 1. The fraction of sp³-hybridized carbons (Fsp3) is 0.562. The lowest BCUT2D eigenvalue weighted by molar-refractivity contribution is 0.0806. The van der Waals surface area contributed by atoms with Gasteiger partial charge in [0.05, 0.1) is 0 Å². The minimum absolute atomic E-state index is 0.0524. The van der Waals surface area contributed by atoms with E-state index in [-0.39, 0.29) is 18.8 Å². The zero-order chi connectivity index (χ0) is 14.2. The molecule has 1 aliphatic rings. The SMILES string of the molecule is O=C(OC1CCCCC1)N(CCCO)c1ccccc1. The summed E-state index contributed by atoms with van der Waals surface area (Å²) in [4.78, 5) is 14.0. The topological polar surface area (TPSA) is 49.8 Å². The van der Waals surface area contributed by atoms with Crippen LogP contribution >= 0.6 is 0 Å². The molecule has 1 saturated carbocycles. The van der Waals surface area contributed by atoms with Crippen LogP contribution in [0.25, 0.3) is 0 Å². The predicted octanol–water partition coefficient (Wildman–Crippen LogP) is 3.34. The van der Waals surface area contributed by atoms with E-state index in [1.807, 2.05) is 30.3 Å². The highest BCUT2D eigenvalue weighted by atomic mass is 16.6. The Hall–Kier alpha value is -1.55. The van der Waals surface area contributed by atoms with Gasteiger partial charge in [0.25, 0.3) is 0 Å². The number of amides is 1. The molecule has 1 aromatic carbocycles. The van der Waals surface area contributed by atoms with Crippen LogP contribution in [0.2, 0.25) is 0 Å². The monoisotopic (exact) mass is 277 g/mol. The van der Waals surface area contributed by atoms with Crippen molar-refractivity contribution >= 4 is 11.8 Å². The molecule has 0 saturated heterocycles. The lowest BCUT2D eigenvalue weighted by Gasteiger charge is -2.27. The predicted molar refractivity (Wildman–Crippen MR) is 78.8 cm³/mol. The van der Waals surface area contributed by atoms with Crippen LogP contribution in [0, 0.1) is 0 Å². The van der Waals surface area contributed by atoms with Crippen molar-refractivity contribution in [2.75, 3.05) is 18.1 Å². The van der Waals surface area contributed by atoms with E-state index in [4.69, 9.17) is 9.84 Å². The number of hydrogen-bond acceptors (Lipinski definition) is 3. The van der Waals surface area contributed by atoms with Gasteiger partial charge in [-0.25, -0.2) is 4.79 Å². The molecule has 0 aliphatic heterocycles. The Bertz CT molecular complexity index is 401. The number of para-hydroxylation sites is 1. The van der Waals surface area contributed by atoms with Crippen molar-refractivity contribution in [2.45, 2.75) is 44.6 Å². The van der Waals surface area contributed by atoms with Crippen LogP contribution in [0.15, 0.2) is 30.3 Å². The van der Waals surface area contributed by atoms with E-state index in [9.17, 15) is 4.79 Å². The average molecular weight is 277 g/mol. The van der Waals surface area contributed by atoms with Crippen LogP contribution in [-0.2, 0) is 4.74 Å². The normalized spacial score (nSPS) is 15.8. The van der Waals surface area contributed by atoms with Crippen LogP contribution in [0.4, 0.5) is 10.5 Å². The minimum atomic E-state index is -0.295. The fourth-order valence-electron chi connectivity index (χ4n) is 2.55. The van der Waals surface area contributed by atoms with Crippen LogP contribution < -0.4 is 4.90 Å². The molecule has 2 rings (SSSR count). The first-order valence-corrected chi connectivity index (χ1v) is 7.45. The van der Waals surface area contributed by atoms with E-state index in [1.54, 1.807) is 4.90 Å². The van der Waals surface area contributed by atoms with E-state index in [2.05, 4.69) is 0 Å². The van der Waals surface area contributed by atoms with E-state index in [0.717, 1.165) is 31.4 Å². The summed E-state index contributed by atoms with van der Waals surface area (Å²) in [5, 5.41) is 8.99. The Morgan fingerprint density at radius 3 is 2.55 bits per heavy atom. The van der Waals surface area contributed by atoms with Gasteiger partial charge in [0, 0.05) is 18.8 Å². The zero-order valence-corrected chi connectivity index (χ0v) is 11.8. The maximum atomic E-state index is 12.3. The summed E-state index contributed by atoms with van der Waals surface area (Å²) in [6, 6.07) is 9.49. The molecule has 0 aromatic heterocycles. The van der Waals surface area contributed by atoms with Crippen molar-refractivity contribution in [3.8, 4) is 0 Å². The summed E-state index contributed by atoms with van der Waals surface area (Å²) in [5.74, 6) is 0. The summed E-state index contributed by atoms with van der Waals surface area (Å²) >= 11 is 0. The second kappa shape index (κ2) is 7.90. The molecule has 4 nitrogen and oxygen atoms in total. The molecular weight excluding hydrogens is 254 g/mol. The van der Waals surface area contributed by atoms with Gasteiger partial charge in [-0.3, -0.25) is 4.90 Å². The summed E-state index contributed by atoms with van der Waals surface area (Å²) in [6.07, 6.45) is 5.76. The molecule has 0 heterocycles. The highest BCUT2D eigenvalue weighted by molar-refractivity contribution is 5.87. The Kier molecular flexibility index (Phi) is 5.87. The molecule has 110 valence electrons. The van der Waals surface area contributed by atoms with Gasteiger partial charge < -0.3 is 9.84 Å². The van der Waals surface area contributed by atoms with Crippen molar-refractivity contribution in [3.63, 3.8) is 0 Å². The average Bonchev–Trinajstić information content (AvgIpc) is 2.50. The number of nitrogens with zero attached hydrogens (tertiary/aromatic N) is 1. The Morgan fingerprint density at radius 1 is 1.20 bits per heavy atom. The number of benzene rings is 1. The Morgan fingerprint density at radius 2 is 1.90 bits per heavy atom. The molecule has 0 bridgehead atoms. The third kappa shape index (κ3) is 4.23. The number of carbonyl (C=O) groups excluding carboxylic acids is 1. The maximum absolute atomic E-state index is 12.3. The third-order valence-corrected chi connectivity index (χ3v) is 3.65. The van der Waals surface area contributed by atoms with Crippen molar-refractivity contribution in [1.82, 2.24) is 0 Å². The molecule has 0 unspecified atom stereocenters. The zero-order valence-electron chi connectivity index (χ0n) is 11.8. The van der Waals surface area contributed by atoms with E-state index in [0.29, 0.717) is 13.0 Å². The highest BCUT2D eigenvalue weighted by Gasteiger charge is 2.22. The molecule has 1 aliphatic carbocycles. The standard InChI is InChI=1S/C16H23NO3/c18-13-7-12-17(14-8-3-1-4-9-14)16(19)20-15-10-5-2-6-11-15/h1,3-4,8-9,15,18H,2,5-7,10-13H2. The maximum Gasteiger partial charge on any atom is 0.414 e. The summed E-state index contributed by atoms with van der Waals surface area (Å²) in [5.41, 5.74) is 0.821. The molecule has 1 amide bonds. The molecule has 1 aromatic rings. The summed E-state index contributed by atoms with van der Waals surface area (Å²) in [6.45, 7) is 0.548. The third-order valence-electron chi connectivity index (χ3n) is 3.65. The van der Waals surface area contributed by atoms with E-state index in [1.165, 1.54) is 6.42 Å². The second-order valence-corrected chi connectivity index (χ2v) is 5.21. The smallest absolute Gasteiger partial charge is 0.414 e. The van der Waals surface area contributed by atoms with Crippen LogP contribution in [-0.4, -0.2) is 30.5 Å². The Labute approximate surface area is 120 Å². The fourth-order valence-corrected chi connectivity index (χ4v) is 2.55. The second-order valence-electron chi connectivity index (χ2n) is 5.21. The molecule has 0 radical (unpaired) electrons. The molecule has 1 fully saturated rings. The number of aliphatic hydroxyl groups excluding tert-OH is 1. The van der Waals surface area contributed by atoms with Gasteiger partial charge in [-0.15, -0.1) is 0 Å². The quantitative estimate of drug-likeness (QED) is 0.898. The van der Waals surface area contributed by atoms with Gasteiger partial charge >= 0.3 is 6.09 Å². The van der Waals surface area contributed by atoms with E-state index >= 15 is 0 Å². The van der Waals surface area contributed by atoms with Gasteiger partial charge in [-0.05, 0) is 44.2 Å². The minimum Gasteiger partial charge on any atom is -0.446 e. The number of carbonyl (C=O) groups is 1. The number of rotatable bonds is 5.